The van der Waals surface area contributed by atoms with Crippen molar-refractivity contribution in [3.05, 3.63) is 59.7 Å². The Morgan fingerprint density at radius 2 is 1.82 bits per heavy atom. The van der Waals surface area contributed by atoms with Crippen LogP contribution in [0.15, 0.2) is 58.3 Å². The number of benzene rings is 2. The van der Waals surface area contributed by atoms with Gasteiger partial charge in [-0.05, 0) is 24.3 Å². The molecular weight excluding hydrogens is 296 g/mol. The molecule has 0 fully saturated rings. The van der Waals surface area contributed by atoms with E-state index in [1.165, 1.54) is 16.7 Å². The largest absolute Gasteiger partial charge is 0.395 e. The highest BCUT2D eigenvalue weighted by molar-refractivity contribution is 7.99. The van der Waals surface area contributed by atoms with Gasteiger partial charge < -0.3 is 10.0 Å². The van der Waals surface area contributed by atoms with E-state index in [1.54, 1.807) is 25.2 Å². The summed E-state index contributed by atoms with van der Waals surface area (Å²) >= 11 is 1.40. The minimum absolute atomic E-state index is 0.0746. The molecule has 0 radical (unpaired) electrons. The van der Waals surface area contributed by atoms with Crippen molar-refractivity contribution in [1.29, 1.82) is 5.26 Å². The summed E-state index contributed by atoms with van der Waals surface area (Å²) < 4.78 is 0. The Morgan fingerprint density at radius 3 is 2.50 bits per heavy atom. The van der Waals surface area contributed by atoms with Crippen LogP contribution in [0.1, 0.15) is 15.9 Å². The third-order valence-corrected chi connectivity index (χ3v) is 4.28. The lowest BCUT2D eigenvalue weighted by Crippen LogP contribution is -2.29. The van der Waals surface area contributed by atoms with Gasteiger partial charge in [0.15, 0.2) is 0 Å². The van der Waals surface area contributed by atoms with E-state index in [9.17, 15) is 4.79 Å². The lowest BCUT2D eigenvalue weighted by molar-refractivity contribution is 0.0763. The predicted molar refractivity (Wildman–Crippen MR) is 85.8 cm³/mol. The van der Waals surface area contributed by atoms with Crippen molar-refractivity contribution >= 4 is 17.7 Å². The first kappa shape index (κ1) is 16.1. The summed E-state index contributed by atoms with van der Waals surface area (Å²) in [5.41, 5.74) is 1.15. The van der Waals surface area contributed by atoms with Crippen molar-refractivity contribution in [2.75, 3.05) is 20.2 Å². The van der Waals surface area contributed by atoms with E-state index < -0.39 is 0 Å². The first-order chi connectivity index (χ1) is 10.7. The van der Waals surface area contributed by atoms with Crippen molar-refractivity contribution in [3.8, 4) is 6.07 Å². The third-order valence-electron chi connectivity index (χ3n) is 3.13. The summed E-state index contributed by atoms with van der Waals surface area (Å²) in [6, 6.07) is 16.7. The second-order valence-electron chi connectivity index (χ2n) is 4.66. The minimum Gasteiger partial charge on any atom is -0.395 e. The summed E-state index contributed by atoms with van der Waals surface area (Å²) in [7, 11) is 1.66. The van der Waals surface area contributed by atoms with Crippen LogP contribution in [0.25, 0.3) is 0 Å². The fraction of sp³-hybridized carbons (Fsp3) is 0.176. The Bertz CT molecular complexity index is 710. The lowest BCUT2D eigenvalue weighted by atomic mass is 10.2. The summed E-state index contributed by atoms with van der Waals surface area (Å²) in [5, 5.41) is 18.1. The average molecular weight is 312 g/mol. The van der Waals surface area contributed by atoms with Gasteiger partial charge in [0.05, 0.1) is 17.7 Å². The van der Waals surface area contributed by atoms with Gasteiger partial charge in [0.1, 0.15) is 6.07 Å². The SMILES string of the molecule is CN(CCO)C(=O)c1ccccc1Sc1ccccc1C#N. The van der Waals surface area contributed by atoms with Crippen LogP contribution >= 0.6 is 11.8 Å². The monoisotopic (exact) mass is 312 g/mol. The van der Waals surface area contributed by atoms with Gasteiger partial charge in [-0.15, -0.1) is 0 Å². The third kappa shape index (κ3) is 3.67. The zero-order valence-corrected chi connectivity index (χ0v) is 13.0. The van der Waals surface area contributed by atoms with E-state index in [0.29, 0.717) is 11.1 Å². The number of aliphatic hydroxyl groups excluding tert-OH is 1. The van der Waals surface area contributed by atoms with Crippen LogP contribution in [0.5, 0.6) is 0 Å². The van der Waals surface area contributed by atoms with Crippen LogP contribution < -0.4 is 0 Å². The molecule has 1 amide bonds. The van der Waals surface area contributed by atoms with Crippen LogP contribution in [0.3, 0.4) is 0 Å². The van der Waals surface area contributed by atoms with Crippen LogP contribution in [0.4, 0.5) is 0 Å². The molecule has 0 spiro atoms. The van der Waals surface area contributed by atoms with E-state index in [0.717, 1.165) is 9.79 Å². The number of carbonyl (C=O) groups is 1. The first-order valence-electron chi connectivity index (χ1n) is 6.79. The van der Waals surface area contributed by atoms with Crippen LogP contribution in [0, 0.1) is 11.3 Å². The maximum atomic E-state index is 12.4. The Hall–Kier alpha value is -2.29. The Morgan fingerprint density at radius 1 is 1.18 bits per heavy atom. The maximum absolute atomic E-state index is 12.4. The molecule has 112 valence electrons. The van der Waals surface area contributed by atoms with Crippen LogP contribution in [-0.4, -0.2) is 36.1 Å². The van der Waals surface area contributed by atoms with Crippen LogP contribution in [0.2, 0.25) is 0 Å². The van der Waals surface area contributed by atoms with Gasteiger partial charge in [-0.2, -0.15) is 5.26 Å². The number of carbonyl (C=O) groups excluding carboxylic acids is 1. The van der Waals surface area contributed by atoms with Gasteiger partial charge in [0.2, 0.25) is 0 Å². The summed E-state index contributed by atoms with van der Waals surface area (Å²) in [6.45, 7) is 0.210. The van der Waals surface area contributed by atoms with E-state index in [-0.39, 0.29) is 19.1 Å². The fourth-order valence-corrected chi connectivity index (χ4v) is 2.98. The van der Waals surface area contributed by atoms with Gasteiger partial charge in [0.25, 0.3) is 5.91 Å². The molecule has 0 aliphatic rings. The quantitative estimate of drug-likeness (QED) is 0.922. The topological polar surface area (TPSA) is 64.3 Å². The molecule has 1 N–H and O–H groups in total. The molecule has 0 heterocycles. The molecule has 0 bridgehead atoms. The lowest BCUT2D eigenvalue weighted by Gasteiger charge is -2.17. The maximum Gasteiger partial charge on any atom is 0.254 e. The normalized spacial score (nSPS) is 10.0. The number of nitriles is 1. The highest BCUT2D eigenvalue weighted by Crippen LogP contribution is 2.32. The second kappa shape index (κ2) is 7.64. The molecule has 22 heavy (non-hydrogen) atoms. The fourth-order valence-electron chi connectivity index (χ4n) is 1.96. The van der Waals surface area contributed by atoms with E-state index >= 15 is 0 Å². The van der Waals surface area contributed by atoms with Crippen LogP contribution in [-0.2, 0) is 0 Å². The predicted octanol–water partition coefficient (Wildman–Crippen LogP) is 2.77. The van der Waals surface area contributed by atoms with Gasteiger partial charge in [-0.1, -0.05) is 36.0 Å². The number of hydrogen-bond acceptors (Lipinski definition) is 4. The van der Waals surface area contributed by atoms with Crippen molar-refractivity contribution in [1.82, 2.24) is 4.90 Å². The second-order valence-corrected chi connectivity index (χ2v) is 5.74. The van der Waals surface area contributed by atoms with Gasteiger partial charge in [-0.25, -0.2) is 0 Å². The molecule has 0 aliphatic carbocycles. The molecule has 0 saturated heterocycles. The molecule has 4 nitrogen and oxygen atoms in total. The smallest absolute Gasteiger partial charge is 0.254 e. The van der Waals surface area contributed by atoms with Gasteiger partial charge >= 0.3 is 0 Å². The van der Waals surface area contributed by atoms with E-state index in [1.807, 2.05) is 30.3 Å². The number of amides is 1. The highest BCUT2D eigenvalue weighted by Gasteiger charge is 2.16. The molecule has 0 saturated carbocycles. The number of hydrogen-bond donors (Lipinski definition) is 1. The van der Waals surface area contributed by atoms with Crippen molar-refractivity contribution < 1.29 is 9.90 Å². The molecule has 0 atom stereocenters. The Kier molecular flexibility index (Phi) is 5.59. The number of likely N-dealkylation sites (N-methyl/N-ethyl adjacent to an activating group) is 1. The first-order valence-corrected chi connectivity index (χ1v) is 7.61. The van der Waals surface area contributed by atoms with Crippen molar-refractivity contribution in [2.45, 2.75) is 9.79 Å². The Labute approximate surface area is 134 Å². The molecule has 0 aromatic heterocycles. The zero-order valence-electron chi connectivity index (χ0n) is 12.2. The number of nitrogens with zero attached hydrogens (tertiary/aromatic N) is 2. The molecular formula is C17H16N2O2S. The van der Waals surface area contributed by atoms with Crippen molar-refractivity contribution in [3.63, 3.8) is 0 Å². The molecule has 0 unspecified atom stereocenters. The standard InChI is InChI=1S/C17H16N2O2S/c1-19(10-11-20)17(21)14-7-3-5-9-16(14)22-15-8-4-2-6-13(15)12-18/h2-9,20H,10-11H2,1H3. The Balaban J connectivity index is 2.33. The highest BCUT2D eigenvalue weighted by atomic mass is 32.2. The number of aliphatic hydroxyl groups is 1. The van der Waals surface area contributed by atoms with E-state index in [2.05, 4.69) is 6.07 Å². The molecule has 2 aromatic carbocycles. The molecule has 2 rings (SSSR count). The van der Waals surface area contributed by atoms with Gasteiger partial charge in [-0.3, -0.25) is 4.79 Å². The summed E-state index contributed by atoms with van der Waals surface area (Å²) in [6.07, 6.45) is 0. The molecule has 0 aliphatic heterocycles. The van der Waals surface area contributed by atoms with Crippen molar-refractivity contribution in [2.24, 2.45) is 0 Å². The summed E-state index contributed by atoms with van der Waals surface area (Å²) in [4.78, 5) is 15.5. The van der Waals surface area contributed by atoms with E-state index in [4.69, 9.17) is 10.4 Å². The average Bonchev–Trinajstić information content (AvgIpc) is 2.55. The van der Waals surface area contributed by atoms with Gasteiger partial charge in [0, 0.05) is 23.4 Å². The molecule has 2 aromatic rings. The molecule has 5 heteroatoms. The number of rotatable bonds is 5. The minimum atomic E-state index is -0.147. The summed E-state index contributed by atoms with van der Waals surface area (Å²) in [5.74, 6) is -0.147. The zero-order chi connectivity index (χ0) is 15.9.